The van der Waals surface area contributed by atoms with Crippen LogP contribution in [0.1, 0.15) is 6.92 Å². The number of nitrogens with two attached hydrogens (primary N) is 1. The van der Waals surface area contributed by atoms with Crippen LogP contribution in [0.4, 0.5) is 5.69 Å². The highest BCUT2D eigenvalue weighted by Crippen LogP contribution is 2.25. The summed E-state index contributed by atoms with van der Waals surface area (Å²) < 4.78 is 25.4. The second-order valence-electron chi connectivity index (χ2n) is 3.36. The Hall–Kier alpha value is -1.71. The number of nitrogens with zero attached hydrogens (tertiary/aromatic N) is 1. The van der Waals surface area contributed by atoms with E-state index in [0.717, 1.165) is 4.31 Å². The number of anilines is 1. The van der Waals surface area contributed by atoms with Crippen molar-refractivity contribution in [3.05, 3.63) is 18.2 Å². The zero-order valence-corrected chi connectivity index (χ0v) is 10.2. The van der Waals surface area contributed by atoms with Crippen molar-refractivity contribution in [3.63, 3.8) is 0 Å². The lowest BCUT2D eigenvalue weighted by atomic mass is 10.3. The number of benzene rings is 1. The summed E-state index contributed by atoms with van der Waals surface area (Å²) in [7, 11) is -3.65. The number of terminal acetylenes is 1. The molecule has 1 rings (SSSR count). The summed E-state index contributed by atoms with van der Waals surface area (Å²) >= 11 is 0. The molecule has 1 aromatic carbocycles. The highest BCUT2D eigenvalue weighted by atomic mass is 32.2. The molecule has 1 aromatic rings. The highest BCUT2D eigenvalue weighted by molar-refractivity contribution is 7.89. The van der Waals surface area contributed by atoms with Crippen molar-refractivity contribution < 1.29 is 13.5 Å². The molecular weight excluding hydrogens is 240 g/mol. The van der Waals surface area contributed by atoms with Crippen LogP contribution < -0.4 is 5.73 Å². The van der Waals surface area contributed by atoms with Gasteiger partial charge in [-0.1, -0.05) is 12.8 Å². The minimum absolute atomic E-state index is 0.000382. The fourth-order valence-electron chi connectivity index (χ4n) is 1.31. The van der Waals surface area contributed by atoms with Crippen LogP contribution >= 0.6 is 0 Å². The van der Waals surface area contributed by atoms with Gasteiger partial charge in [0, 0.05) is 6.54 Å². The van der Waals surface area contributed by atoms with Crippen LogP contribution in [-0.2, 0) is 10.0 Å². The zero-order valence-electron chi connectivity index (χ0n) is 9.42. The maximum Gasteiger partial charge on any atom is 0.244 e. The maximum absolute atomic E-state index is 12.1. The van der Waals surface area contributed by atoms with E-state index in [0.29, 0.717) is 0 Å². The van der Waals surface area contributed by atoms with Gasteiger partial charge in [-0.3, -0.25) is 0 Å². The van der Waals surface area contributed by atoms with Crippen LogP contribution in [0.3, 0.4) is 0 Å². The summed E-state index contributed by atoms with van der Waals surface area (Å²) in [5, 5.41) is 9.24. The molecular formula is C11H14N2O3S. The van der Waals surface area contributed by atoms with E-state index in [9.17, 15) is 13.5 Å². The lowest BCUT2D eigenvalue weighted by Gasteiger charge is -2.18. The second-order valence-corrected chi connectivity index (χ2v) is 5.29. The summed E-state index contributed by atoms with van der Waals surface area (Å²) in [6, 6.07) is 3.75. The van der Waals surface area contributed by atoms with Gasteiger partial charge >= 0.3 is 0 Å². The number of hydrogen-bond acceptors (Lipinski definition) is 4. The third kappa shape index (κ3) is 2.70. The standard InChI is InChI=1S/C11H14N2O3S/c1-3-7-13(4-2)17(15,16)9-5-6-11(14)10(12)8-9/h1,5-6,8,14H,4,7,12H2,2H3. The Bertz CT molecular complexity index is 546. The Balaban J connectivity index is 3.21. The smallest absolute Gasteiger partial charge is 0.244 e. The Kier molecular flexibility index (Phi) is 3.99. The summed E-state index contributed by atoms with van der Waals surface area (Å²) in [6.45, 7) is 1.96. The molecule has 0 fully saturated rings. The Morgan fingerprint density at radius 1 is 1.53 bits per heavy atom. The zero-order chi connectivity index (χ0) is 13.1. The van der Waals surface area contributed by atoms with Crippen molar-refractivity contribution in [2.45, 2.75) is 11.8 Å². The fourth-order valence-corrected chi connectivity index (χ4v) is 2.71. The van der Waals surface area contributed by atoms with Gasteiger partial charge in [0.2, 0.25) is 10.0 Å². The predicted octanol–water partition coefficient (Wildman–Crippen LogP) is 0.618. The van der Waals surface area contributed by atoms with E-state index in [4.69, 9.17) is 12.2 Å². The van der Waals surface area contributed by atoms with Crippen molar-refractivity contribution in [2.24, 2.45) is 0 Å². The van der Waals surface area contributed by atoms with E-state index < -0.39 is 10.0 Å². The van der Waals surface area contributed by atoms with E-state index >= 15 is 0 Å². The van der Waals surface area contributed by atoms with Crippen molar-refractivity contribution in [1.82, 2.24) is 4.31 Å². The molecule has 0 radical (unpaired) electrons. The highest BCUT2D eigenvalue weighted by Gasteiger charge is 2.22. The van der Waals surface area contributed by atoms with E-state index in [2.05, 4.69) is 5.92 Å². The fraction of sp³-hybridized carbons (Fsp3) is 0.273. The van der Waals surface area contributed by atoms with Crippen molar-refractivity contribution in [1.29, 1.82) is 0 Å². The molecule has 3 N–H and O–H groups in total. The minimum Gasteiger partial charge on any atom is -0.506 e. The van der Waals surface area contributed by atoms with Crippen molar-refractivity contribution in [2.75, 3.05) is 18.8 Å². The summed E-state index contributed by atoms with van der Waals surface area (Å²) in [6.07, 6.45) is 5.11. The molecule has 0 atom stereocenters. The Morgan fingerprint density at radius 3 is 2.65 bits per heavy atom. The molecule has 0 amide bonds. The molecule has 0 aliphatic heterocycles. The number of phenolic OH excluding ortho intramolecular Hbond substituents is 1. The number of nitrogen functional groups attached to an aromatic ring is 1. The lowest BCUT2D eigenvalue weighted by Crippen LogP contribution is -2.31. The molecule has 0 aliphatic rings. The number of sulfonamides is 1. The van der Waals surface area contributed by atoms with Crippen LogP contribution in [0.15, 0.2) is 23.1 Å². The molecule has 0 saturated heterocycles. The number of aromatic hydroxyl groups is 1. The summed E-state index contributed by atoms with van der Waals surface area (Å²) in [4.78, 5) is 0.0184. The molecule has 0 spiro atoms. The molecule has 0 unspecified atom stereocenters. The summed E-state index contributed by atoms with van der Waals surface area (Å²) in [5.41, 5.74) is 5.48. The first-order chi connectivity index (χ1) is 7.93. The Labute approximate surface area is 101 Å². The van der Waals surface area contributed by atoms with E-state index in [1.807, 2.05) is 0 Å². The van der Waals surface area contributed by atoms with Gasteiger partial charge in [0.1, 0.15) is 5.75 Å². The maximum atomic E-state index is 12.1. The van der Waals surface area contributed by atoms with Gasteiger partial charge in [-0.05, 0) is 18.2 Å². The predicted molar refractivity (Wildman–Crippen MR) is 65.8 cm³/mol. The van der Waals surface area contributed by atoms with Gasteiger partial charge < -0.3 is 10.8 Å². The Morgan fingerprint density at radius 2 is 2.18 bits per heavy atom. The van der Waals surface area contributed by atoms with E-state index in [1.54, 1.807) is 6.92 Å². The molecule has 0 aliphatic carbocycles. The van der Waals surface area contributed by atoms with Gasteiger partial charge in [-0.15, -0.1) is 6.42 Å². The van der Waals surface area contributed by atoms with Gasteiger partial charge in [0.05, 0.1) is 17.1 Å². The third-order valence-corrected chi connectivity index (χ3v) is 4.17. The van der Waals surface area contributed by atoms with Crippen LogP contribution in [0.5, 0.6) is 5.75 Å². The molecule has 0 saturated carbocycles. The monoisotopic (exact) mass is 254 g/mol. The van der Waals surface area contributed by atoms with E-state index in [-0.39, 0.29) is 29.4 Å². The number of rotatable bonds is 4. The molecule has 17 heavy (non-hydrogen) atoms. The van der Waals surface area contributed by atoms with Crippen LogP contribution in [0.25, 0.3) is 0 Å². The number of hydrogen-bond donors (Lipinski definition) is 2. The van der Waals surface area contributed by atoms with Crippen LogP contribution in [0, 0.1) is 12.3 Å². The van der Waals surface area contributed by atoms with E-state index in [1.165, 1.54) is 18.2 Å². The molecule has 0 heterocycles. The largest absolute Gasteiger partial charge is 0.506 e. The third-order valence-electron chi connectivity index (χ3n) is 2.26. The minimum atomic E-state index is -3.65. The molecule has 6 heteroatoms. The lowest BCUT2D eigenvalue weighted by molar-refractivity contribution is 0.463. The van der Waals surface area contributed by atoms with Gasteiger partial charge in [0.25, 0.3) is 0 Å². The molecule has 5 nitrogen and oxygen atoms in total. The average molecular weight is 254 g/mol. The SMILES string of the molecule is C#CCN(CC)S(=O)(=O)c1ccc(O)c(N)c1. The first-order valence-electron chi connectivity index (χ1n) is 4.95. The van der Waals surface area contributed by atoms with Gasteiger partial charge in [0.15, 0.2) is 0 Å². The average Bonchev–Trinajstić information content (AvgIpc) is 2.29. The normalized spacial score (nSPS) is 11.4. The second kappa shape index (κ2) is 5.08. The first kappa shape index (κ1) is 13.4. The first-order valence-corrected chi connectivity index (χ1v) is 6.39. The number of phenols is 1. The summed E-state index contributed by atoms with van der Waals surface area (Å²) in [5.74, 6) is 2.14. The van der Waals surface area contributed by atoms with Crippen molar-refractivity contribution >= 4 is 15.7 Å². The van der Waals surface area contributed by atoms with Gasteiger partial charge in [-0.25, -0.2) is 8.42 Å². The quantitative estimate of drug-likeness (QED) is 0.468. The van der Waals surface area contributed by atoms with Crippen LogP contribution in [0.2, 0.25) is 0 Å². The molecule has 92 valence electrons. The topological polar surface area (TPSA) is 83.6 Å². The van der Waals surface area contributed by atoms with Crippen LogP contribution in [-0.4, -0.2) is 30.9 Å². The van der Waals surface area contributed by atoms with Crippen molar-refractivity contribution in [3.8, 4) is 18.1 Å². The molecule has 0 bridgehead atoms. The molecule has 0 aromatic heterocycles. The van der Waals surface area contributed by atoms with Gasteiger partial charge in [-0.2, -0.15) is 4.31 Å².